The summed E-state index contributed by atoms with van der Waals surface area (Å²) in [6.07, 6.45) is 1.32. The van der Waals surface area contributed by atoms with E-state index in [9.17, 15) is 8.42 Å². The summed E-state index contributed by atoms with van der Waals surface area (Å²) in [4.78, 5) is 0.982. The van der Waals surface area contributed by atoms with E-state index in [-0.39, 0.29) is 0 Å². The molecule has 0 atom stereocenters. The van der Waals surface area contributed by atoms with E-state index in [1.54, 1.807) is 18.2 Å². The number of nitrogens with two attached hydrogens (primary N) is 1. The van der Waals surface area contributed by atoms with Crippen LogP contribution in [-0.4, -0.2) is 21.5 Å². The highest BCUT2D eigenvalue weighted by atomic mass is 35.5. The van der Waals surface area contributed by atoms with Crippen LogP contribution in [0.25, 0.3) is 0 Å². The van der Waals surface area contributed by atoms with E-state index in [2.05, 4.69) is 4.72 Å². The largest absolute Gasteiger partial charge is 0.330 e. The smallest absolute Gasteiger partial charge is 0.250 e. The molecule has 0 saturated carbocycles. The van der Waals surface area contributed by atoms with E-state index >= 15 is 0 Å². The van der Waals surface area contributed by atoms with Gasteiger partial charge in [-0.05, 0) is 49.2 Å². The third-order valence-corrected chi connectivity index (χ3v) is 6.26. The van der Waals surface area contributed by atoms with Crippen molar-refractivity contribution in [2.75, 3.05) is 13.1 Å². The van der Waals surface area contributed by atoms with E-state index in [0.29, 0.717) is 35.2 Å². The van der Waals surface area contributed by atoms with E-state index in [1.165, 1.54) is 11.3 Å². The molecule has 0 saturated heterocycles. The molecule has 0 aliphatic heterocycles. The molecule has 0 unspecified atom stereocenters. The lowest BCUT2D eigenvalue weighted by molar-refractivity contribution is 0.584. The van der Waals surface area contributed by atoms with Gasteiger partial charge in [0.1, 0.15) is 4.21 Å². The number of rotatable bonds is 7. The fraction of sp³-hybridized carbons (Fsp3) is 0.286. The van der Waals surface area contributed by atoms with E-state index in [1.807, 2.05) is 18.2 Å². The van der Waals surface area contributed by atoms with Crippen LogP contribution in [0.4, 0.5) is 0 Å². The molecular weight excluding hydrogens is 328 g/mol. The number of halogens is 1. The summed E-state index contributed by atoms with van der Waals surface area (Å²) in [5.41, 5.74) is 6.51. The molecule has 2 aromatic rings. The predicted molar refractivity (Wildman–Crippen MR) is 87.4 cm³/mol. The fourth-order valence-corrected chi connectivity index (χ4v) is 4.40. The normalized spacial score (nSPS) is 11.7. The van der Waals surface area contributed by atoms with Crippen LogP contribution in [0.1, 0.15) is 10.4 Å². The first-order valence-electron chi connectivity index (χ1n) is 6.54. The second-order valence-electron chi connectivity index (χ2n) is 4.53. The number of benzene rings is 1. The zero-order valence-corrected chi connectivity index (χ0v) is 13.8. The molecule has 114 valence electrons. The maximum Gasteiger partial charge on any atom is 0.250 e. The molecule has 7 heteroatoms. The summed E-state index contributed by atoms with van der Waals surface area (Å²) >= 11 is 7.07. The molecule has 2 rings (SSSR count). The molecule has 21 heavy (non-hydrogen) atoms. The quantitative estimate of drug-likeness (QED) is 0.810. The molecule has 1 aromatic heterocycles. The Bertz CT molecular complexity index is 681. The lowest BCUT2D eigenvalue weighted by Gasteiger charge is -2.05. The first-order valence-corrected chi connectivity index (χ1v) is 9.22. The van der Waals surface area contributed by atoms with Crippen LogP contribution in [0.3, 0.4) is 0 Å². The standard InChI is InChI=1S/C14H17ClN2O2S2/c15-12-3-1-11(2-4-12)8-10-17-21(18,19)14-6-5-13(20-14)7-9-16/h1-6,17H,7-10,16H2. The van der Waals surface area contributed by atoms with Gasteiger partial charge in [0, 0.05) is 16.4 Å². The molecule has 0 radical (unpaired) electrons. The van der Waals surface area contributed by atoms with Crippen molar-refractivity contribution in [3.05, 3.63) is 51.9 Å². The number of sulfonamides is 1. The lowest BCUT2D eigenvalue weighted by Crippen LogP contribution is -2.25. The topological polar surface area (TPSA) is 72.2 Å². The van der Waals surface area contributed by atoms with Gasteiger partial charge in [-0.3, -0.25) is 0 Å². The highest BCUT2D eigenvalue weighted by Gasteiger charge is 2.15. The number of thiophene rings is 1. The zero-order chi connectivity index (χ0) is 15.3. The Labute approximate surface area is 134 Å². The molecule has 1 aromatic carbocycles. The van der Waals surface area contributed by atoms with Gasteiger partial charge in [-0.1, -0.05) is 23.7 Å². The molecule has 0 amide bonds. The van der Waals surface area contributed by atoms with Gasteiger partial charge in [0.15, 0.2) is 0 Å². The maximum absolute atomic E-state index is 12.1. The molecular formula is C14H17ClN2O2S2. The predicted octanol–water partition coefficient (Wildman–Crippen LogP) is 2.42. The van der Waals surface area contributed by atoms with E-state index in [0.717, 1.165) is 10.4 Å². The van der Waals surface area contributed by atoms with Gasteiger partial charge < -0.3 is 5.73 Å². The summed E-state index contributed by atoms with van der Waals surface area (Å²) < 4.78 is 27.2. The van der Waals surface area contributed by atoms with Crippen LogP contribution < -0.4 is 10.5 Å². The SMILES string of the molecule is NCCc1ccc(S(=O)(=O)NCCc2ccc(Cl)cc2)s1. The second kappa shape index (κ2) is 7.38. The summed E-state index contributed by atoms with van der Waals surface area (Å²) in [6, 6.07) is 10.8. The molecule has 3 N–H and O–H groups in total. The van der Waals surface area contributed by atoms with Gasteiger partial charge in [-0.15, -0.1) is 11.3 Å². The van der Waals surface area contributed by atoms with Gasteiger partial charge in [0.05, 0.1) is 0 Å². The van der Waals surface area contributed by atoms with Crippen LogP contribution in [0.2, 0.25) is 5.02 Å². The number of hydrogen-bond donors (Lipinski definition) is 2. The van der Waals surface area contributed by atoms with Gasteiger partial charge >= 0.3 is 0 Å². The second-order valence-corrected chi connectivity index (χ2v) is 8.13. The number of hydrogen-bond acceptors (Lipinski definition) is 4. The molecule has 0 aliphatic rings. The molecule has 0 bridgehead atoms. The van der Waals surface area contributed by atoms with Crippen molar-refractivity contribution in [3.8, 4) is 0 Å². The van der Waals surface area contributed by atoms with Crippen molar-refractivity contribution in [3.63, 3.8) is 0 Å². The van der Waals surface area contributed by atoms with E-state index in [4.69, 9.17) is 17.3 Å². The van der Waals surface area contributed by atoms with Crippen molar-refractivity contribution in [1.29, 1.82) is 0 Å². The summed E-state index contributed by atoms with van der Waals surface area (Å²) in [6.45, 7) is 0.873. The maximum atomic E-state index is 12.1. The minimum atomic E-state index is -3.43. The highest BCUT2D eigenvalue weighted by Crippen LogP contribution is 2.21. The Kier molecular flexibility index (Phi) is 5.78. The summed E-state index contributed by atoms with van der Waals surface area (Å²) in [5.74, 6) is 0. The third-order valence-electron chi connectivity index (χ3n) is 2.91. The third kappa shape index (κ3) is 4.79. The van der Waals surface area contributed by atoms with Crippen molar-refractivity contribution in [1.82, 2.24) is 4.72 Å². The highest BCUT2D eigenvalue weighted by molar-refractivity contribution is 7.91. The molecule has 1 heterocycles. The van der Waals surface area contributed by atoms with Crippen LogP contribution in [-0.2, 0) is 22.9 Å². The van der Waals surface area contributed by atoms with Crippen molar-refractivity contribution in [2.24, 2.45) is 5.73 Å². The van der Waals surface area contributed by atoms with E-state index < -0.39 is 10.0 Å². The molecule has 0 spiro atoms. The van der Waals surface area contributed by atoms with Crippen LogP contribution in [0.15, 0.2) is 40.6 Å². The van der Waals surface area contributed by atoms with Gasteiger partial charge in [-0.25, -0.2) is 13.1 Å². The fourth-order valence-electron chi connectivity index (χ4n) is 1.83. The Morgan fingerprint density at radius 3 is 2.48 bits per heavy atom. The average molecular weight is 345 g/mol. The monoisotopic (exact) mass is 344 g/mol. The van der Waals surface area contributed by atoms with Gasteiger partial charge in [0.2, 0.25) is 10.0 Å². The van der Waals surface area contributed by atoms with Crippen molar-refractivity contribution < 1.29 is 8.42 Å². The number of nitrogens with one attached hydrogen (secondary N) is 1. The summed E-state index contributed by atoms with van der Waals surface area (Å²) in [5, 5.41) is 0.672. The minimum Gasteiger partial charge on any atom is -0.330 e. The van der Waals surface area contributed by atoms with Crippen LogP contribution in [0.5, 0.6) is 0 Å². The Morgan fingerprint density at radius 1 is 1.10 bits per heavy atom. The van der Waals surface area contributed by atoms with Gasteiger partial charge in [0.25, 0.3) is 0 Å². The Balaban J connectivity index is 1.92. The molecule has 4 nitrogen and oxygen atoms in total. The zero-order valence-electron chi connectivity index (χ0n) is 11.4. The van der Waals surface area contributed by atoms with Crippen molar-refractivity contribution >= 4 is 33.0 Å². The Morgan fingerprint density at radius 2 is 1.81 bits per heavy atom. The first kappa shape index (κ1) is 16.5. The Hall–Kier alpha value is -0.920. The molecule has 0 fully saturated rings. The van der Waals surface area contributed by atoms with Gasteiger partial charge in [-0.2, -0.15) is 0 Å². The van der Waals surface area contributed by atoms with Crippen LogP contribution in [0, 0.1) is 0 Å². The van der Waals surface area contributed by atoms with Crippen molar-refractivity contribution in [2.45, 2.75) is 17.1 Å². The molecule has 0 aliphatic carbocycles. The van der Waals surface area contributed by atoms with Crippen LogP contribution >= 0.6 is 22.9 Å². The average Bonchev–Trinajstić information content (AvgIpc) is 2.91. The minimum absolute atomic E-state index is 0.335. The first-order chi connectivity index (χ1) is 10.0. The summed E-state index contributed by atoms with van der Waals surface area (Å²) in [7, 11) is -3.43. The lowest BCUT2D eigenvalue weighted by atomic mass is 10.2.